The van der Waals surface area contributed by atoms with Crippen molar-refractivity contribution in [3.05, 3.63) is 12.2 Å². The number of imidazole rings is 1. The highest BCUT2D eigenvalue weighted by Crippen LogP contribution is 2.15. The minimum atomic E-state index is 0.469. The summed E-state index contributed by atoms with van der Waals surface area (Å²) in [5.74, 6) is 1.21. The third-order valence-corrected chi connectivity index (χ3v) is 6.19. The van der Waals surface area contributed by atoms with E-state index in [0.29, 0.717) is 17.0 Å². The lowest BCUT2D eigenvalue weighted by Gasteiger charge is -2.05. The van der Waals surface area contributed by atoms with Crippen LogP contribution in [0.25, 0.3) is 11.2 Å². The number of nitrogens with two attached hydrogens (primary N) is 1. The molecule has 0 aromatic carbocycles. The molecule has 0 amide bonds. The lowest BCUT2D eigenvalue weighted by molar-refractivity contribution is 0.127. The summed E-state index contributed by atoms with van der Waals surface area (Å²) in [5.41, 5.74) is 7.28. The van der Waals surface area contributed by atoms with Gasteiger partial charge in [0.15, 0.2) is 11.5 Å². The number of aryl methyl sites for hydroxylation is 1. The van der Waals surface area contributed by atoms with Gasteiger partial charge in [0.2, 0.25) is 0 Å². The van der Waals surface area contributed by atoms with Crippen molar-refractivity contribution in [1.29, 1.82) is 0 Å². The maximum atomic E-state index is 5.93. The zero-order valence-corrected chi connectivity index (χ0v) is 20.5. The molecule has 0 unspecified atom stereocenters. The van der Waals surface area contributed by atoms with Crippen LogP contribution in [0.3, 0.4) is 0 Å². The zero-order chi connectivity index (χ0) is 22.7. The first kappa shape index (κ1) is 26.6. The summed E-state index contributed by atoms with van der Waals surface area (Å²) in [6.45, 7) is 3.90. The van der Waals surface area contributed by atoms with E-state index in [0.717, 1.165) is 31.9 Å². The number of hydrogen-bond acceptors (Lipinski definition) is 5. The molecule has 6 nitrogen and oxygen atoms in total. The van der Waals surface area contributed by atoms with Gasteiger partial charge in [-0.2, -0.15) is 0 Å². The van der Waals surface area contributed by atoms with E-state index in [1.807, 2.05) is 0 Å². The first-order chi connectivity index (χ1) is 15.8. The first-order valence-corrected chi connectivity index (χ1v) is 13.3. The topological polar surface area (TPSA) is 89.7 Å². The number of nitrogens with zero attached hydrogens (tertiary/aromatic N) is 3. The fourth-order valence-corrected chi connectivity index (χ4v) is 4.20. The molecule has 0 saturated heterocycles. The number of aromatic nitrogens is 4. The van der Waals surface area contributed by atoms with Crippen LogP contribution in [0.5, 0.6) is 0 Å². The second-order valence-electron chi connectivity index (χ2n) is 9.15. The maximum Gasteiger partial charge on any atom is 0.183 e. The molecule has 2 heterocycles. The van der Waals surface area contributed by atoms with E-state index in [2.05, 4.69) is 26.9 Å². The van der Waals surface area contributed by atoms with Gasteiger partial charge in [-0.15, -0.1) is 0 Å². The number of rotatable bonds is 21. The molecule has 2 rings (SSSR count). The second kappa shape index (κ2) is 17.8. The number of aromatic amines is 1. The van der Waals surface area contributed by atoms with Crippen LogP contribution < -0.4 is 5.73 Å². The van der Waals surface area contributed by atoms with Gasteiger partial charge < -0.3 is 15.5 Å². The molecule has 3 N–H and O–H groups in total. The Bertz CT molecular complexity index is 703. The van der Waals surface area contributed by atoms with Gasteiger partial charge in [-0.05, 0) is 12.8 Å². The predicted octanol–water partition coefficient (Wildman–Crippen LogP) is 7.15. The number of nitrogen functional groups attached to an aromatic ring is 1. The predicted molar refractivity (Wildman–Crippen MR) is 135 cm³/mol. The van der Waals surface area contributed by atoms with Crippen molar-refractivity contribution >= 4 is 17.0 Å². The summed E-state index contributed by atoms with van der Waals surface area (Å²) < 4.78 is 5.77. The number of hydrogen-bond donors (Lipinski definition) is 2. The van der Waals surface area contributed by atoms with E-state index in [-0.39, 0.29) is 0 Å². The van der Waals surface area contributed by atoms with Crippen LogP contribution in [0.2, 0.25) is 0 Å². The molecule has 182 valence electrons. The molecule has 0 atom stereocenters. The molecular formula is C26H47N5O. The average Bonchev–Trinajstić information content (AvgIpc) is 3.27. The fourth-order valence-electron chi connectivity index (χ4n) is 4.20. The maximum absolute atomic E-state index is 5.93. The van der Waals surface area contributed by atoms with E-state index < -0.39 is 0 Å². The average molecular weight is 446 g/mol. The highest BCUT2D eigenvalue weighted by Gasteiger charge is 2.06. The van der Waals surface area contributed by atoms with Gasteiger partial charge in [-0.1, -0.05) is 103 Å². The fraction of sp³-hybridized carbons (Fsp3) is 0.808. The van der Waals surface area contributed by atoms with Crippen LogP contribution in [0.1, 0.15) is 122 Å². The normalized spacial score (nSPS) is 11.5. The molecule has 0 bridgehead atoms. The summed E-state index contributed by atoms with van der Waals surface area (Å²) in [6.07, 6.45) is 25.6. The molecule has 0 spiro atoms. The van der Waals surface area contributed by atoms with E-state index >= 15 is 0 Å². The molecule has 0 fully saturated rings. The van der Waals surface area contributed by atoms with Crippen molar-refractivity contribution in [2.75, 3.05) is 18.9 Å². The monoisotopic (exact) mass is 445 g/mol. The van der Waals surface area contributed by atoms with Gasteiger partial charge in [-0.3, -0.25) is 0 Å². The van der Waals surface area contributed by atoms with Crippen molar-refractivity contribution in [1.82, 2.24) is 19.9 Å². The van der Waals surface area contributed by atoms with Crippen LogP contribution in [0.15, 0.2) is 6.33 Å². The molecule has 6 heteroatoms. The number of ether oxygens (including phenoxy) is 1. The molecule has 32 heavy (non-hydrogen) atoms. The lowest BCUT2D eigenvalue weighted by atomic mass is 10.0. The Morgan fingerprint density at radius 1 is 0.719 bits per heavy atom. The second-order valence-corrected chi connectivity index (χ2v) is 9.15. The lowest BCUT2D eigenvalue weighted by Crippen LogP contribution is -2.04. The van der Waals surface area contributed by atoms with Crippen LogP contribution in [0.4, 0.5) is 5.82 Å². The largest absolute Gasteiger partial charge is 0.382 e. The summed E-state index contributed by atoms with van der Waals surface area (Å²) in [7, 11) is 0. The van der Waals surface area contributed by atoms with Crippen LogP contribution in [-0.2, 0) is 11.2 Å². The zero-order valence-electron chi connectivity index (χ0n) is 20.5. The number of nitrogens with one attached hydrogen (secondary N) is 1. The first-order valence-electron chi connectivity index (χ1n) is 13.3. The van der Waals surface area contributed by atoms with Gasteiger partial charge in [-0.25, -0.2) is 15.0 Å². The summed E-state index contributed by atoms with van der Waals surface area (Å²) in [5, 5.41) is 0. The van der Waals surface area contributed by atoms with Crippen molar-refractivity contribution in [3.8, 4) is 0 Å². The Morgan fingerprint density at radius 2 is 1.25 bits per heavy atom. The SMILES string of the molecule is CCCCCCCCCCCCCCCCCCOCCCc1nc(N)c2[nH]cnc2n1. The molecule has 2 aromatic rings. The number of unbranched alkanes of at least 4 members (excludes halogenated alkanes) is 15. The molecule has 0 aliphatic carbocycles. The highest BCUT2D eigenvalue weighted by molar-refractivity contribution is 5.80. The standard InChI is InChI=1S/C26H47N5O/c1-2-3-4-5-6-7-8-9-10-11-12-13-14-15-16-17-20-32-21-18-19-23-30-25(27)24-26(31-23)29-22-28-24/h22H,2-21H2,1H3,(H3,27,28,29,30,31). The summed E-state index contributed by atoms with van der Waals surface area (Å²) >= 11 is 0. The van der Waals surface area contributed by atoms with Gasteiger partial charge in [0, 0.05) is 19.6 Å². The van der Waals surface area contributed by atoms with E-state index in [1.54, 1.807) is 6.33 Å². The Balaban J connectivity index is 1.29. The molecule has 0 aliphatic heterocycles. The molecule has 2 aromatic heterocycles. The summed E-state index contributed by atoms with van der Waals surface area (Å²) in [4.78, 5) is 15.9. The van der Waals surface area contributed by atoms with Crippen LogP contribution in [0, 0.1) is 0 Å². The minimum absolute atomic E-state index is 0.469. The quantitative estimate of drug-likeness (QED) is 0.199. The molecule has 0 aliphatic rings. The third-order valence-electron chi connectivity index (χ3n) is 6.19. The van der Waals surface area contributed by atoms with Crippen LogP contribution in [-0.4, -0.2) is 33.1 Å². The third kappa shape index (κ3) is 11.8. The van der Waals surface area contributed by atoms with Gasteiger partial charge in [0.25, 0.3) is 0 Å². The summed E-state index contributed by atoms with van der Waals surface area (Å²) in [6, 6.07) is 0. The van der Waals surface area contributed by atoms with Crippen molar-refractivity contribution in [2.24, 2.45) is 0 Å². The van der Waals surface area contributed by atoms with Gasteiger partial charge in [0.05, 0.1) is 6.33 Å². The van der Waals surface area contributed by atoms with Crippen LogP contribution >= 0.6 is 0 Å². The Morgan fingerprint density at radius 3 is 1.84 bits per heavy atom. The highest BCUT2D eigenvalue weighted by atomic mass is 16.5. The van der Waals surface area contributed by atoms with Gasteiger partial charge in [0.1, 0.15) is 11.3 Å². The van der Waals surface area contributed by atoms with E-state index in [9.17, 15) is 0 Å². The van der Waals surface area contributed by atoms with Crippen molar-refractivity contribution in [2.45, 2.75) is 122 Å². The Labute approximate surface area is 195 Å². The van der Waals surface area contributed by atoms with Gasteiger partial charge >= 0.3 is 0 Å². The van der Waals surface area contributed by atoms with Crippen molar-refractivity contribution in [3.63, 3.8) is 0 Å². The number of anilines is 1. The molecule has 0 radical (unpaired) electrons. The molecule has 0 saturated carbocycles. The smallest absolute Gasteiger partial charge is 0.183 e. The Hall–Kier alpha value is -1.69. The number of fused-ring (bicyclic) bond motifs is 1. The minimum Gasteiger partial charge on any atom is -0.382 e. The Kier molecular flexibility index (Phi) is 14.8. The van der Waals surface area contributed by atoms with Crippen molar-refractivity contribution < 1.29 is 4.74 Å². The molecular weight excluding hydrogens is 398 g/mol. The van der Waals surface area contributed by atoms with E-state index in [1.165, 1.54) is 103 Å². The number of H-pyrrole nitrogens is 1. The van der Waals surface area contributed by atoms with E-state index in [4.69, 9.17) is 10.5 Å².